The predicted molar refractivity (Wildman–Crippen MR) is 111 cm³/mol. The minimum absolute atomic E-state index is 0.113. The Balaban J connectivity index is 2.06. The molecule has 30 heavy (non-hydrogen) atoms. The quantitative estimate of drug-likeness (QED) is 0.632. The zero-order chi connectivity index (χ0) is 22.5. The minimum Gasteiger partial charge on any atom is -0.497 e. The summed E-state index contributed by atoms with van der Waals surface area (Å²) in [5, 5.41) is 2.65. The molecule has 0 aliphatic rings. The first-order chi connectivity index (χ1) is 14.0. The van der Waals surface area contributed by atoms with Crippen LogP contribution in [0.3, 0.4) is 0 Å². The van der Waals surface area contributed by atoms with Crippen molar-refractivity contribution in [1.29, 1.82) is 0 Å². The fourth-order valence-corrected chi connectivity index (χ4v) is 3.39. The van der Waals surface area contributed by atoms with Crippen LogP contribution < -0.4 is 15.6 Å². The zero-order valence-corrected chi connectivity index (χ0v) is 18.0. The second-order valence-electron chi connectivity index (χ2n) is 6.65. The van der Waals surface area contributed by atoms with E-state index in [1.807, 2.05) is 0 Å². The highest BCUT2D eigenvalue weighted by Crippen LogP contribution is 2.16. The Morgan fingerprint density at radius 1 is 1.13 bits per heavy atom. The van der Waals surface area contributed by atoms with Gasteiger partial charge in [-0.15, -0.1) is 0 Å². The molecule has 0 radical (unpaired) electrons. The molecule has 1 aromatic carbocycles. The molecule has 162 valence electrons. The van der Waals surface area contributed by atoms with Crippen molar-refractivity contribution in [3.05, 3.63) is 52.9 Å². The smallest absolute Gasteiger partial charge is 0.251 e. The van der Waals surface area contributed by atoms with E-state index < -0.39 is 33.9 Å². The fourth-order valence-electron chi connectivity index (χ4n) is 2.47. The van der Waals surface area contributed by atoms with Crippen LogP contribution in [-0.4, -0.2) is 68.8 Å². The van der Waals surface area contributed by atoms with Crippen LogP contribution in [0.4, 0.5) is 5.69 Å². The topological polar surface area (TPSA) is 118 Å². The number of methoxy groups -OCH3 is 1. The number of carbonyl (C=O) groups excluding carboxylic acids is 2. The van der Waals surface area contributed by atoms with Gasteiger partial charge in [0.15, 0.2) is 0 Å². The van der Waals surface area contributed by atoms with Crippen molar-refractivity contribution in [2.45, 2.75) is 11.4 Å². The minimum atomic E-state index is -3.76. The maximum Gasteiger partial charge on any atom is 0.251 e. The predicted octanol–water partition coefficient (Wildman–Crippen LogP) is 0.204. The molecule has 0 bridgehead atoms. The zero-order valence-electron chi connectivity index (χ0n) is 17.2. The maximum atomic E-state index is 12.5. The number of nitrogens with zero attached hydrogens (tertiary/aromatic N) is 3. The van der Waals surface area contributed by atoms with Gasteiger partial charge in [0.05, 0.1) is 18.6 Å². The summed E-state index contributed by atoms with van der Waals surface area (Å²) in [6.45, 7) is -0.654. The van der Waals surface area contributed by atoms with E-state index in [4.69, 9.17) is 4.74 Å². The maximum absolute atomic E-state index is 12.5. The van der Waals surface area contributed by atoms with E-state index in [0.717, 1.165) is 26.0 Å². The van der Waals surface area contributed by atoms with Crippen LogP contribution in [0.1, 0.15) is 0 Å². The molecular weight excluding hydrogens is 412 g/mol. The number of aromatic nitrogens is 1. The molecular formula is C19H24N4O6S. The standard InChI is InChI=1S/C19H24N4O6S/c1-21(2)30(27,28)16-8-9-18(25)23(11-16)13-19(26)22(3)12-17(24)20-14-6-5-7-15(10-14)29-4/h5-11H,12-13H2,1-4H3,(H,20,24). The third-order valence-corrected chi connectivity index (χ3v) is 6.00. The highest BCUT2D eigenvalue weighted by Gasteiger charge is 2.20. The number of sulfonamides is 1. The van der Waals surface area contributed by atoms with E-state index in [9.17, 15) is 22.8 Å². The molecule has 0 spiro atoms. The second-order valence-corrected chi connectivity index (χ2v) is 8.80. The van der Waals surface area contributed by atoms with Gasteiger partial charge >= 0.3 is 0 Å². The Bertz CT molecular complexity index is 1090. The number of likely N-dealkylation sites (N-methyl/N-ethyl adjacent to an activating group) is 1. The van der Waals surface area contributed by atoms with Gasteiger partial charge in [-0.05, 0) is 18.2 Å². The molecule has 0 aliphatic carbocycles. The van der Waals surface area contributed by atoms with E-state index in [0.29, 0.717) is 11.4 Å². The van der Waals surface area contributed by atoms with Crippen molar-refractivity contribution in [3.63, 3.8) is 0 Å². The van der Waals surface area contributed by atoms with Crippen LogP contribution in [0.5, 0.6) is 5.75 Å². The third kappa shape index (κ3) is 5.67. The van der Waals surface area contributed by atoms with E-state index in [1.165, 1.54) is 34.3 Å². The normalized spacial score (nSPS) is 11.2. The molecule has 0 saturated carbocycles. The average molecular weight is 436 g/mol. The number of ether oxygens (including phenoxy) is 1. The van der Waals surface area contributed by atoms with Crippen molar-refractivity contribution in [1.82, 2.24) is 13.8 Å². The third-order valence-electron chi connectivity index (χ3n) is 4.20. The molecule has 11 heteroatoms. The summed E-state index contributed by atoms with van der Waals surface area (Å²) in [6, 6.07) is 9.02. The fraction of sp³-hybridized carbons (Fsp3) is 0.316. The first kappa shape index (κ1) is 23.1. The van der Waals surface area contributed by atoms with Gasteiger partial charge in [-0.2, -0.15) is 0 Å². The lowest BCUT2D eigenvalue weighted by molar-refractivity contribution is -0.133. The summed E-state index contributed by atoms with van der Waals surface area (Å²) in [4.78, 5) is 37.7. The van der Waals surface area contributed by atoms with Gasteiger partial charge in [-0.1, -0.05) is 6.07 Å². The van der Waals surface area contributed by atoms with Gasteiger partial charge in [0.2, 0.25) is 21.8 Å². The lowest BCUT2D eigenvalue weighted by Crippen LogP contribution is -2.38. The van der Waals surface area contributed by atoms with Crippen LogP contribution in [0, 0.1) is 0 Å². The van der Waals surface area contributed by atoms with Gasteiger partial charge < -0.3 is 19.5 Å². The van der Waals surface area contributed by atoms with E-state index in [2.05, 4.69) is 5.32 Å². The number of benzene rings is 1. The summed E-state index contributed by atoms with van der Waals surface area (Å²) < 4.78 is 31.6. The lowest BCUT2D eigenvalue weighted by atomic mass is 10.3. The Labute approximate surface area is 174 Å². The van der Waals surface area contributed by atoms with E-state index >= 15 is 0 Å². The van der Waals surface area contributed by atoms with Crippen LogP contribution >= 0.6 is 0 Å². The molecule has 0 fully saturated rings. The number of rotatable bonds is 8. The van der Waals surface area contributed by atoms with Crippen molar-refractivity contribution in [3.8, 4) is 5.75 Å². The number of pyridine rings is 1. The number of anilines is 1. The molecule has 0 aliphatic heterocycles. The number of hydrogen-bond acceptors (Lipinski definition) is 6. The molecule has 0 unspecified atom stereocenters. The lowest BCUT2D eigenvalue weighted by Gasteiger charge is -2.18. The Hall–Kier alpha value is -3.18. The SMILES string of the molecule is COc1cccc(NC(=O)CN(C)C(=O)Cn2cc(S(=O)(=O)N(C)C)ccc2=O)c1. The van der Waals surface area contributed by atoms with E-state index in [-0.39, 0.29) is 11.4 Å². The summed E-state index contributed by atoms with van der Waals surface area (Å²) in [7, 11) is 1.90. The van der Waals surface area contributed by atoms with Crippen molar-refractivity contribution >= 4 is 27.5 Å². The van der Waals surface area contributed by atoms with Gasteiger partial charge in [-0.25, -0.2) is 12.7 Å². The molecule has 0 atom stereocenters. The first-order valence-corrected chi connectivity index (χ1v) is 10.3. The Kier molecular flexibility index (Phi) is 7.35. The highest BCUT2D eigenvalue weighted by molar-refractivity contribution is 7.89. The number of nitrogens with one attached hydrogen (secondary N) is 1. The summed E-state index contributed by atoms with van der Waals surface area (Å²) in [6.07, 6.45) is 1.11. The van der Waals surface area contributed by atoms with Crippen LogP contribution in [0.25, 0.3) is 0 Å². The Morgan fingerprint density at radius 2 is 1.83 bits per heavy atom. The molecule has 1 aromatic heterocycles. The molecule has 1 heterocycles. The van der Waals surface area contributed by atoms with Crippen LogP contribution in [-0.2, 0) is 26.2 Å². The van der Waals surface area contributed by atoms with Crippen LogP contribution in [0.15, 0.2) is 52.3 Å². The summed E-state index contributed by atoms with van der Waals surface area (Å²) in [5.74, 6) is -0.392. The molecule has 0 saturated heterocycles. The van der Waals surface area contributed by atoms with Gasteiger partial charge in [0.1, 0.15) is 12.3 Å². The van der Waals surface area contributed by atoms with Gasteiger partial charge in [0.25, 0.3) is 5.56 Å². The average Bonchev–Trinajstić information content (AvgIpc) is 2.69. The van der Waals surface area contributed by atoms with Gasteiger partial charge in [-0.3, -0.25) is 14.4 Å². The van der Waals surface area contributed by atoms with Gasteiger partial charge in [0, 0.05) is 45.2 Å². The van der Waals surface area contributed by atoms with Crippen LogP contribution in [0.2, 0.25) is 0 Å². The number of hydrogen-bond donors (Lipinski definition) is 1. The largest absolute Gasteiger partial charge is 0.497 e. The summed E-state index contributed by atoms with van der Waals surface area (Å²) >= 11 is 0. The molecule has 2 rings (SSSR count). The highest BCUT2D eigenvalue weighted by atomic mass is 32.2. The number of amides is 2. The summed E-state index contributed by atoms with van der Waals surface area (Å²) in [5.41, 5.74) is -0.0201. The van der Waals surface area contributed by atoms with E-state index in [1.54, 1.807) is 24.3 Å². The molecule has 1 N–H and O–H groups in total. The van der Waals surface area contributed by atoms with Crippen molar-refractivity contribution in [2.75, 3.05) is 40.1 Å². The van der Waals surface area contributed by atoms with Crippen molar-refractivity contribution in [2.24, 2.45) is 0 Å². The van der Waals surface area contributed by atoms with Crippen molar-refractivity contribution < 1.29 is 22.7 Å². The second kappa shape index (κ2) is 9.55. The number of carbonyl (C=O) groups is 2. The monoisotopic (exact) mass is 436 g/mol. The molecule has 10 nitrogen and oxygen atoms in total. The first-order valence-electron chi connectivity index (χ1n) is 8.85. The molecule has 2 aromatic rings. The Morgan fingerprint density at radius 3 is 2.47 bits per heavy atom. The molecule has 2 amide bonds.